The molecule has 3 aromatic rings. The third-order valence-electron chi connectivity index (χ3n) is 7.24. The Balaban J connectivity index is 0.00000220. The SMILES string of the molecule is CC1=Cc2cc3[nH]c(cc4nc(cc5[nH]c(cc1n2)cc5C)C(C)=C4CCC(=O)[O-])c(CCC(=O)[O-])c3C.[Ag+].[Ag+]. The first-order chi connectivity index (χ1) is 18.1. The maximum Gasteiger partial charge on any atom is 1.00 e. The number of fused-ring (bicyclic) bond motifs is 8. The Labute approximate surface area is 263 Å². The van der Waals surface area contributed by atoms with Gasteiger partial charge in [-0.15, -0.1) is 0 Å². The number of hydrogen-bond donors (Lipinski definition) is 2. The summed E-state index contributed by atoms with van der Waals surface area (Å²) in [6.07, 6.45) is 2.33. The largest absolute Gasteiger partial charge is 1.00 e. The summed E-state index contributed by atoms with van der Waals surface area (Å²) in [7, 11) is 0. The predicted molar refractivity (Wildman–Crippen MR) is 144 cm³/mol. The molecule has 8 nitrogen and oxygen atoms in total. The number of rotatable bonds is 6. The van der Waals surface area contributed by atoms with Gasteiger partial charge in [0.1, 0.15) is 0 Å². The fourth-order valence-electron chi connectivity index (χ4n) is 5.10. The maximum absolute atomic E-state index is 11.3. The minimum Gasteiger partial charge on any atom is -0.550 e. The van der Waals surface area contributed by atoms with Crippen molar-refractivity contribution in [2.75, 3.05) is 0 Å². The first-order valence-corrected chi connectivity index (χ1v) is 12.6. The summed E-state index contributed by atoms with van der Waals surface area (Å²) in [5, 5.41) is 22.6. The van der Waals surface area contributed by atoms with Gasteiger partial charge < -0.3 is 29.8 Å². The van der Waals surface area contributed by atoms with Crippen LogP contribution in [0.1, 0.15) is 72.6 Å². The number of aromatic nitrogens is 4. The van der Waals surface area contributed by atoms with Crippen LogP contribution in [0.2, 0.25) is 0 Å². The molecular weight excluding hydrogens is 696 g/mol. The molecule has 10 heteroatoms. The van der Waals surface area contributed by atoms with E-state index in [0.717, 1.165) is 72.6 Å². The number of allylic oxidation sites excluding steroid dienone is 3. The van der Waals surface area contributed by atoms with Gasteiger partial charge >= 0.3 is 44.8 Å². The van der Waals surface area contributed by atoms with Crippen LogP contribution in [0.3, 0.4) is 0 Å². The number of aryl methyl sites for hydroxylation is 3. The van der Waals surface area contributed by atoms with Crippen LogP contribution in [0.4, 0.5) is 0 Å². The Kier molecular flexibility index (Phi) is 10.0. The summed E-state index contributed by atoms with van der Waals surface area (Å²) in [6, 6.07) is 9.88. The van der Waals surface area contributed by atoms with Gasteiger partial charge in [-0.3, -0.25) is 0 Å². The number of carbonyl (C=O) groups excluding carboxylic acids is 2. The molecule has 0 fully saturated rings. The smallest absolute Gasteiger partial charge is 0.550 e. The van der Waals surface area contributed by atoms with Crippen molar-refractivity contribution in [3.05, 3.63) is 69.8 Å². The van der Waals surface area contributed by atoms with Crippen LogP contribution in [0.25, 0.3) is 44.9 Å². The van der Waals surface area contributed by atoms with Crippen LogP contribution in [0, 0.1) is 13.8 Å². The van der Waals surface area contributed by atoms with E-state index in [1.807, 2.05) is 58.0 Å². The molecule has 3 aromatic heterocycles. The summed E-state index contributed by atoms with van der Waals surface area (Å²) in [5.41, 5.74) is 12.0. The second kappa shape index (κ2) is 12.7. The van der Waals surface area contributed by atoms with Gasteiger partial charge in [0, 0.05) is 34.0 Å². The molecule has 5 heterocycles. The molecule has 40 heavy (non-hydrogen) atoms. The first kappa shape index (κ1) is 31.5. The number of carboxylic acid groups (broad SMARTS) is 2. The molecule has 214 valence electrons. The molecule has 0 spiro atoms. The number of carbonyl (C=O) groups is 2. The number of aromatic amines is 2. The van der Waals surface area contributed by atoms with Gasteiger partial charge in [-0.05, 0) is 123 Å². The summed E-state index contributed by atoms with van der Waals surface area (Å²) in [5.74, 6) is -2.25. The topological polar surface area (TPSA) is 138 Å². The average molecular weight is 724 g/mol. The number of nitrogens with one attached hydrogen (secondary N) is 2. The minimum absolute atomic E-state index is 0. The van der Waals surface area contributed by atoms with E-state index in [9.17, 15) is 19.8 Å². The van der Waals surface area contributed by atoms with Crippen molar-refractivity contribution in [2.45, 2.75) is 53.4 Å². The fraction of sp³-hybridized carbons (Fsp3) is 0.267. The van der Waals surface area contributed by atoms with Crippen LogP contribution >= 0.6 is 0 Å². The normalized spacial score (nSPS) is 12.4. The molecule has 0 aromatic carbocycles. The van der Waals surface area contributed by atoms with E-state index in [1.165, 1.54) is 0 Å². The van der Waals surface area contributed by atoms with Gasteiger partial charge in [0.05, 0.1) is 22.8 Å². The van der Waals surface area contributed by atoms with Crippen LogP contribution < -0.4 is 10.2 Å². The fourth-order valence-corrected chi connectivity index (χ4v) is 5.10. The van der Waals surface area contributed by atoms with Crippen LogP contribution in [0.15, 0.2) is 30.3 Å². The van der Waals surface area contributed by atoms with Crippen molar-refractivity contribution in [2.24, 2.45) is 0 Å². The molecule has 0 saturated heterocycles. The molecule has 2 N–H and O–H groups in total. The van der Waals surface area contributed by atoms with E-state index in [4.69, 9.17) is 9.97 Å². The molecule has 0 aliphatic carbocycles. The van der Waals surface area contributed by atoms with E-state index < -0.39 is 11.9 Å². The number of hydrogen-bond acceptors (Lipinski definition) is 6. The molecule has 0 saturated carbocycles. The third-order valence-corrected chi connectivity index (χ3v) is 7.24. The molecule has 0 radical (unpaired) electrons. The van der Waals surface area contributed by atoms with E-state index in [0.29, 0.717) is 5.69 Å². The first-order valence-electron chi connectivity index (χ1n) is 12.6. The van der Waals surface area contributed by atoms with Gasteiger partial charge in [0.15, 0.2) is 0 Å². The molecule has 0 atom stereocenters. The van der Waals surface area contributed by atoms with Gasteiger partial charge in [-0.2, -0.15) is 0 Å². The summed E-state index contributed by atoms with van der Waals surface area (Å²) >= 11 is 0. The van der Waals surface area contributed by atoms with Crippen LogP contribution in [-0.2, 0) is 60.8 Å². The van der Waals surface area contributed by atoms with Gasteiger partial charge in [0.25, 0.3) is 0 Å². The standard InChI is InChI=1S/C30H30N4O4.2Ag/c1-15-9-20-12-25-17(3)21(5-7-29(35)36)27(33-25)14-28-22(6-8-30(37)38)18(4)26(34-28)13-24-16(2)10-19(32-24)11-23(15)31-20;;/h9-14,32-33H,5-8H2,1-4H3,(H,35,36)(H,37,38);;/q;2*+1/p-2. The Morgan fingerprint density at radius 2 is 1.43 bits per heavy atom. The molecule has 0 unspecified atom stereocenters. The molecule has 2 aliphatic heterocycles. The Morgan fingerprint density at radius 3 is 2.12 bits per heavy atom. The van der Waals surface area contributed by atoms with E-state index in [-0.39, 0.29) is 70.4 Å². The third kappa shape index (κ3) is 6.49. The quantitative estimate of drug-likeness (QED) is 0.373. The van der Waals surface area contributed by atoms with E-state index in [1.54, 1.807) is 0 Å². The van der Waals surface area contributed by atoms with E-state index in [2.05, 4.69) is 16.0 Å². The zero-order chi connectivity index (χ0) is 27.1. The van der Waals surface area contributed by atoms with Gasteiger partial charge in [-0.25, -0.2) is 9.97 Å². The zero-order valence-electron chi connectivity index (χ0n) is 22.4. The van der Waals surface area contributed by atoms with Gasteiger partial charge in [0.2, 0.25) is 0 Å². The zero-order valence-corrected chi connectivity index (χ0v) is 25.4. The Morgan fingerprint density at radius 1 is 0.750 bits per heavy atom. The van der Waals surface area contributed by atoms with Gasteiger partial charge in [-0.1, -0.05) is 0 Å². The molecule has 0 amide bonds. The van der Waals surface area contributed by atoms with E-state index >= 15 is 0 Å². The second-order valence-corrected chi connectivity index (χ2v) is 9.93. The Bertz CT molecular complexity index is 1730. The van der Waals surface area contributed by atoms with Crippen molar-refractivity contribution < 1.29 is 64.6 Å². The van der Waals surface area contributed by atoms with Crippen molar-refractivity contribution >= 4 is 56.8 Å². The molecular formula is C30H28Ag2N4O4. The van der Waals surface area contributed by atoms with Crippen LogP contribution in [-0.4, -0.2) is 31.9 Å². The summed E-state index contributed by atoms with van der Waals surface area (Å²) in [4.78, 5) is 39.2. The monoisotopic (exact) mass is 722 g/mol. The van der Waals surface area contributed by atoms with Crippen molar-refractivity contribution in [1.82, 2.24) is 19.9 Å². The average Bonchev–Trinajstić information content (AvgIpc) is 3.53. The molecule has 8 bridgehead atoms. The summed E-state index contributed by atoms with van der Waals surface area (Å²) in [6.45, 7) is 7.93. The predicted octanol–water partition coefficient (Wildman–Crippen LogP) is 3.63. The molecule has 2 aliphatic rings. The summed E-state index contributed by atoms with van der Waals surface area (Å²) < 4.78 is 0. The maximum atomic E-state index is 11.3. The number of nitrogens with zero attached hydrogens (tertiary/aromatic N) is 2. The second-order valence-electron chi connectivity index (χ2n) is 9.93. The number of aliphatic carboxylic acids is 2. The number of H-pyrrole nitrogens is 2. The minimum atomic E-state index is -1.13. The van der Waals surface area contributed by atoms with Crippen molar-refractivity contribution in [1.29, 1.82) is 0 Å². The van der Waals surface area contributed by atoms with Crippen molar-refractivity contribution in [3.63, 3.8) is 0 Å². The Hall–Kier alpha value is -2.98. The number of carboxylic acids is 2. The molecule has 5 rings (SSSR count). The van der Waals surface area contributed by atoms with Crippen molar-refractivity contribution in [3.8, 4) is 0 Å². The van der Waals surface area contributed by atoms with Crippen LogP contribution in [0.5, 0.6) is 0 Å².